The number of aliphatic carboxylic acids is 1. The number of carbonyl (C=O) groups is 4. The number of pyridine rings is 1. The Bertz CT molecular complexity index is 2040. The number of benzene rings is 1. The highest BCUT2D eigenvalue weighted by atomic mass is 32.1. The van der Waals surface area contributed by atoms with Gasteiger partial charge >= 0.3 is 12.1 Å². The van der Waals surface area contributed by atoms with Crippen LogP contribution in [0, 0.1) is 18.3 Å². The van der Waals surface area contributed by atoms with Crippen molar-refractivity contribution >= 4 is 51.2 Å². The number of alkyl carbamates (subject to hydrolysis) is 1. The SMILES string of the molecule is C=C[C@@H]1C[C@]1(NC(=O)[C@@H]1C[C@@H](Oc2cc(-c3csc(NC4CCCC4)n3)nc3cc(OC)c(C)cc23)CN1C(=O)[C@@H](NC(=O)OC1CCCC1)C(C)(C)C)C(=O)O. The van der Waals surface area contributed by atoms with Gasteiger partial charge in [-0.25, -0.2) is 19.6 Å². The van der Waals surface area contributed by atoms with Crippen molar-refractivity contribution in [2.45, 2.75) is 128 Å². The summed E-state index contributed by atoms with van der Waals surface area (Å²) in [6, 6.07) is 3.87. The summed E-state index contributed by atoms with van der Waals surface area (Å²) in [4.78, 5) is 65.7. The van der Waals surface area contributed by atoms with Crippen molar-refractivity contribution in [3.05, 3.63) is 41.8 Å². The second kappa shape index (κ2) is 16.1. The molecule has 5 atom stereocenters. The Morgan fingerprint density at radius 1 is 1.02 bits per heavy atom. The highest BCUT2D eigenvalue weighted by Gasteiger charge is 2.61. The highest BCUT2D eigenvalue weighted by molar-refractivity contribution is 7.14. The number of anilines is 1. The number of fused-ring (bicyclic) bond motifs is 1. The van der Waals surface area contributed by atoms with Gasteiger partial charge in [-0.05, 0) is 68.9 Å². The van der Waals surface area contributed by atoms with E-state index in [-0.39, 0.29) is 25.5 Å². The van der Waals surface area contributed by atoms with Crippen LogP contribution in [0.25, 0.3) is 22.3 Å². The van der Waals surface area contributed by atoms with E-state index >= 15 is 0 Å². The summed E-state index contributed by atoms with van der Waals surface area (Å²) in [6.07, 6.45) is 8.30. The van der Waals surface area contributed by atoms with Gasteiger partial charge in [-0.15, -0.1) is 17.9 Å². The van der Waals surface area contributed by atoms with E-state index in [1.165, 1.54) is 35.2 Å². The van der Waals surface area contributed by atoms with Crippen LogP contribution in [0.15, 0.2) is 36.2 Å². The zero-order valence-corrected chi connectivity index (χ0v) is 34.2. The lowest BCUT2D eigenvalue weighted by Gasteiger charge is -2.35. The van der Waals surface area contributed by atoms with Gasteiger partial charge in [0.2, 0.25) is 11.8 Å². The van der Waals surface area contributed by atoms with Crippen molar-refractivity contribution in [2.75, 3.05) is 19.0 Å². The Balaban J connectivity index is 1.20. The summed E-state index contributed by atoms with van der Waals surface area (Å²) in [7, 11) is 1.60. The largest absolute Gasteiger partial charge is 0.496 e. The van der Waals surface area contributed by atoms with Gasteiger partial charge in [0.25, 0.3) is 0 Å². The molecule has 3 aromatic rings. The summed E-state index contributed by atoms with van der Waals surface area (Å²) in [6.45, 7) is 11.2. The van der Waals surface area contributed by atoms with E-state index in [0.29, 0.717) is 39.8 Å². The number of nitrogens with one attached hydrogen (secondary N) is 3. The first-order valence-electron chi connectivity index (χ1n) is 20.0. The fraction of sp³-hybridized carbons (Fsp3) is 0.571. The van der Waals surface area contributed by atoms with Crippen LogP contribution in [0.5, 0.6) is 11.5 Å². The molecule has 57 heavy (non-hydrogen) atoms. The average molecular weight is 803 g/mol. The summed E-state index contributed by atoms with van der Waals surface area (Å²) < 4.78 is 18.1. The standard InChI is InChI=1S/C42H54N6O8S/c1-7-24-20-42(24,38(51)52)47-36(49)32-17-27(21-48(32)37(50)35(41(3,4)5)46-40(53)56-26-14-10-11-15-26)55-34-19-30(44-29-18-33(54-6)23(2)16-28(29)34)31-22-57-39(45-31)43-25-12-8-9-13-25/h7,16,18-19,22,24-27,32,35H,1,8-15,17,20-21H2,2-6H3,(H,43,45)(H,46,53)(H,47,49)(H,51,52)/t24-,27-,32+,35-,42-/m1/s1. The third-order valence-electron chi connectivity index (χ3n) is 11.9. The molecule has 3 amide bonds. The van der Waals surface area contributed by atoms with Crippen molar-refractivity contribution in [1.29, 1.82) is 0 Å². The molecule has 3 aliphatic carbocycles. The summed E-state index contributed by atoms with van der Waals surface area (Å²) in [5.74, 6) is -1.59. The number of methoxy groups -OCH3 is 1. The maximum absolute atomic E-state index is 14.7. The maximum Gasteiger partial charge on any atom is 0.408 e. The molecule has 1 aliphatic heterocycles. The molecular weight excluding hydrogens is 749 g/mol. The number of rotatable bonds is 13. The maximum atomic E-state index is 14.7. The van der Waals surface area contributed by atoms with Gasteiger partial charge in [0.05, 0.1) is 24.9 Å². The number of nitrogens with zero attached hydrogens (tertiary/aromatic N) is 3. The number of aromatic nitrogens is 2. The molecule has 306 valence electrons. The molecule has 2 aromatic heterocycles. The molecule has 14 nitrogen and oxygen atoms in total. The summed E-state index contributed by atoms with van der Waals surface area (Å²) in [5.41, 5.74) is 0.468. The molecular formula is C42H54N6O8S. The lowest BCUT2D eigenvalue weighted by molar-refractivity contribution is -0.146. The third kappa shape index (κ3) is 8.53. The van der Waals surface area contributed by atoms with Crippen LogP contribution in [0.3, 0.4) is 0 Å². The Kier molecular flexibility index (Phi) is 11.4. The predicted molar refractivity (Wildman–Crippen MR) is 216 cm³/mol. The minimum atomic E-state index is -1.51. The van der Waals surface area contributed by atoms with E-state index in [1.807, 2.05) is 51.3 Å². The average Bonchev–Trinajstić information content (AvgIpc) is 3.80. The zero-order chi connectivity index (χ0) is 40.6. The zero-order valence-electron chi connectivity index (χ0n) is 33.4. The van der Waals surface area contributed by atoms with E-state index in [0.717, 1.165) is 49.2 Å². The van der Waals surface area contributed by atoms with Crippen LogP contribution < -0.4 is 25.4 Å². The lowest BCUT2D eigenvalue weighted by atomic mass is 9.85. The van der Waals surface area contributed by atoms with E-state index in [1.54, 1.807) is 7.11 Å². The van der Waals surface area contributed by atoms with Crippen molar-refractivity contribution < 1.29 is 38.5 Å². The molecule has 3 saturated carbocycles. The van der Waals surface area contributed by atoms with E-state index in [9.17, 15) is 24.3 Å². The molecule has 3 heterocycles. The Morgan fingerprint density at radius 2 is 1.74 bits per heavy atom. The number of carboxylic acids is 1. The first-order chi connectivity index (χ1) is 27.2. The molecule has 0 unspecified atom stereocenters. The quantitative estimate of drug-likeness (QED) is 0.137. The van der Waals surface area contributed by atoms with Crippen molar-refractivity contribution in [1.82, 2.24) is 25.5 Å². The Labute approximate surface area is 337 Å². The second-order valence-corrected chi connectivity index (χ2v) is 17.9. The molecule has 0 spiro atoms. The predicted octanol–water partition coefficient (Wildman–Crippen LogP) is 6.61. The van der Waals surface area contributed by atoms with E-state index in [4.69, 9.17) is 24.2 Å². The molecule has 1 aromatic carbocycles. The number of amides is 3. The number of likely N-dealkylation sites (tertiary alicyclic amines) is 1. The number of aryl methyl sites for hydroxylation is 1. The van der Waals surface area contributed by atoms with Gasteiger partial charge in [-0.2, -0.15) is 0 Å². The minimum absolute atomic E-state index is 0.00570. The van der Waals surface area contributed by atoms with E-state index in [2.05, 4.69) is 22.5 Å². The second-order valence-electron chi connectivity index (χ2n) is 17.1. The molecule has 1 saturated heterocycles. The third-order valence-corrected chi connectivity index (χ3v) is 12.6. The van der Waals surface area contributed by atoms with E-state index < -0.39 is 58.9 Å². The monoisotopic (exact) mass is 802 g/mol. The van der Waals surface area contributed by atoms with Crippen molar-refractivity contribution in [3.8, 4) is 22.9 Å². The fourth-order valence-corrected chi connectivity index (χ4v) is 9.26. The van der Waals surface area contributed by atoms with Gasteiger partial charge in [0.15, 0.2) is 5.13 Å². The van der Waals surface area contributed by atoms with Gasteiger partial charge in [-0.3, -0.25) is 9.59 Å². The lowest BCUT2D eigenvalue weighted by Crippen LogP contribution is -2.59. The van der Waals surface area contributed by atoms with Gasteiger partial charge in [0.1, 0.15) is 47.0 Å². The number of carboxylic acid groups (broad SMARTS) is 1. The van der Waals surface area contributed by atoms with Crippen LogP contribution in [0.1, 0.15) is 90.5 Å². The Morgan fingerprint density at radius 3 is 2.39 bits per heavy atom. The normalized spacial score (nSPS) is 24.2. The van der Waals surface area contributed by atoms with Crippen LogP contribution in [-0.2, 0) is 19.1 Å². The molecule has 4 fully saturated rings. The molecule has 0 bridgehead atoms. The number of ether oxygens (including phenoxy) is 3. The van der Waals surface area contributed by atoms with Crippen LogP contribution in [0.2, 0.25) is 0 Å². The van der Waals surface area contributed by atoms with Crippen LogP contribution in [0.4, 0.5) is 9.93 Å². The highest BCUT2D eigenvalue weighted by Crippen LogP contribution is 2.45. The number of hydrogen-bond donors (Lipinski definition) is 4. The molecule has 4 aliphatic rings. The molecule has 7 rings (SSSR count). The van der Waals surface area contributed by atoms with Gasteiger partial charge < -0.3 is 40.2 Å². The molecule has 4 N–H and O–H groups in total. The number of thiazole rings is 1. The van der Waals surface area contributed by atoms with Crippen LogP contribution in [-0.4, -0.2) is 93.4 Å². The van der Waals surface area contributed by atoms with Crippen LogP contribution >= 0.6 is 11.3 Å². The topological polar surface area (TPSA) is 181 Å². The summed E-state index contributed by atoms with van der Waals surface area (Å²) in [5, 5.41) is 22.7. The summed E-state index contributed by atoms with van der Waals surface area (Å²) >= 11 is 1.52. The van der Waals surface area contributed by atoms with Crippen molar-refractivity contribution in [2.24, 2.45) is 11.3 Å². The number of carbonyl (C=O) groups excluding carboxylic acids is 3. The van der Waals surface area contributed by atoms with Gasteiger partial charge in [0, 0.05) is 41.3 Å². The minimum Gasteiger partial charge on any atom is -0.496 e. The number of hydrogen-bond acceptors (Lipinski definition) is 11. The smallest absolute Gasteiger partial charge is 0.408 e. The van der Waals surface area contributed by atoms with Gasteiger partial charge in [-0.1, -0.05) is 39.7 Å². The first kappa shape index (κ1) is 40.3. The molecule has 15 heteroatoms. The fourth-order valence-electron chi connectivity index (χ4n) is 8.48. The molecule has 0 radical (unpaired) electrons. The Hall–Kier alpha value is -4.92. The first-order valence-corrected chi connectivity index (χ1v) is 20.9. The van der Waals surface area contributed by atoms with Crippen molar-refractivity contribution in [3.63, 3.8) is 0 Å².